The van der Waals surface area contributed by atoms with E-state index in [0.29, 0.717) is 18.1 Å². The zero-order valence-corrected chi connectivity index (χ0v) is 12.2. The predicted octanol–water partition coefficient (Wildman–Crippen LogP) is -0.0699. The van der Waals surface area contributed by atoms with Gasteiger partial charge in [-0.05, 0) is 20.8 Å². The summed E-state index contributed by atoms with van der Waals surface area (Å²) in [6.07, 6.45) is 1.66. The molecular weight excluding hydrogens is 248 g/mol. The van der Waals surface area contributed by atoms with Gasteiger partial charge in [0.15, 0.2) is 17.0 Å². The van der Waals surface area contributed by atoms with Crippen LogP contribution in [0.1, 0.15) is 20.8 Å². The summed E-state index contributed by atoms with van der Waals surface area (Å²) in [6.45, 7) is 6.11. The molecule has 0 saturated heterocycles. The number of carbonyl (C=O) groups excluding carboxylic acids is 1. The van der Waals surface area contributed by atoms with Gasteiger partial charge in [0.25, 0.3) is 0 Å². The normalized spacial score (nSPS) is 24.4. The molecule has 0 amide bonds. The van der Waals surface area contributed by atoms with Crippen molar-refractivity contribution in [1.82, 2.24) is 5.32 Å². The summed E-state index contributed by atoms with van der Waals surface area (Å²) < 4.78 is 15.7. The fourth-order valence-electron chi connectivity index (χ4n) is 2.20. The summed E-state index contributed by atoms with van der Waals surface area (Å²) in [5, 5.41) is 3.14. The monoisotopic (exact) mass is 271 g/mol. The average Bonchev–Trinajstić information content (AvgIpc) is 2.37. The van der Waals surface area contributed by atoms with Gasteiger partial charge in [0.2, 0.25) is 0 Å². The van der Waals surface area contributed by atoms with Crippen molar-refractivity contribution in [2.75, 3.05) is 20.8 Å². The van der Waals surface area contributed by atoms with E-state index in [-0.39, 0.29) is 6.10 Å². The van der Waals surface area contributed by atoms with Crippen molar-refractivity contribution in [1.29, 1.82) is 0 Å². The molecule has 1 aliphatic rings. The first-order valence-corrected chi connectivity index (χ1v) is 6.21. The highest BCUT2D eigenvalue weighted by Crippen LogP contribution is 2.27. The quantitative estimate of drug-likeness (QED) is 0.684. The summed E-state index contributed by atoms with van der Waals surface area (Å²) in [7, 11) is 2.85. The Morgan fingerprint density at radius 3 is 2.63 bits per heavy atom. The van der Waals surface area contributed by atoms with Gasteiger partial charge in [0.05, 0.1) is 20.3 Å². The van der Waals surface area contributed by atoms with Gasteiger partial charge in [0.1, 0.15) is 0 Å². The van der Waals surface area contributed by atoms with Crippen molar-refractivity contribution in [3.63, 3.8) is 0 Å². The summed E-state index contributed by atoms with van der Waals surface area (Å²) >= 11 is 0. The molecule has 6 nitrogen and oxygen atoms in total. The molecule has 6 heteroatoms. The first kappa shape index (κ1) is 15.5. The molecular formula is C13H23N2O4+. The molecule has 1 aliphatic heterocycles. The van der Waals surface area contributed by atoms with Gasteiger partial charge >= 0.3 is 5.97 Å². The second-order valence-corrected chi connectivity index (χ2v) is 4.50. The molecule has 0 bridgehead atoms. The van der Waals surface area contributed by atoms with Crippen molar-refractivity contribution >= 4 is 5.97 Å². The van der Waals surface area contributed by atoms with Crippen molar-refractivity contribution < 1.29 is 24.7 Å². The second kappa shape index (κ2) is 6.08. The van der Waals surface area contributed by atoms with E-state index in [0.717, 1.165) is 5.70 Å². The minimum atomic E-state index is -1.09. The molecule has 1 heterocycles. The van der Waals surface area contributed by atoms with Gasteiger partial charge in [-0.15, -0.1) is 0 Å². The molecule has 0 aliphatic carbocycles. The van der Waals surface area contributed by atoms with E-state index in [4.69, 9.17) is 14.2 Å². The lowest BCUT2D eigenvalue weighted by Crippen LogP contribution is -2.60. The minimum Gasteiger partial charge on any atom is -0.492 e. The molecule has 0 spiro atoms. The number of allylic oxidation sites excluding steroid dienone is 1. The van der Waals surface area contributed by atoms with E-state index in [1.807, 2.05) is 19.9 Å². The van der Waals surface area contributed by atoms with Crippen LogP contribution in [-0.2, 0) is 19.0 Å². The number of ether oxygens (including phenoxy) is 3. The van der Waals surface area contributed by atoms with Gasteiger partial charge in [-0.25, -0.2) is 4.79 Å². The third-order valence-corrected chi connectivity index (χ3v) is 3.12. The number of dihydropyridines is 1. The van der Waals surface area contributed by atoms with Crippen LogP contribution in [0.5, 0.6) is 0 Å². The largest absolute Gasteiger partial charge is 0.492 e. The third-order valence-electron chi connectivity index (χ3n) is 3.12. The van der Waals surface area contributed by atoms with Gasteiger partial charge in [0, 0.05) is 18.4 Å². The van der Waals surface area contributed by atoms with E-state index in [1.165, 1.54) is 14.2 Å². The fourth-order valence-corrected chi connectivity index (χ4v) is 2.20. The Hall–Kier alpha value is -1.53. The lowest BCUT2D eigenvalue weighted by atomic mass is 9.93. The van der Waals surface area contributed by atoms with Crippen LogP contribution in [0.2, 0.25) is 0 Å². The Morgan fingerprint density at radius 2 is 2.16 bits per heavy atom. The summed E-state index contributed by atoms with van der Waals surface area (Å²) in [5.74, 6) is 0.0200. The molecule has 0 saturated carbocycles. The summed E-state index contributed by atoms with van der Waals surface area (Å²) in [6, 6.07) is 0. The Bertz CT molecular complexity index is 417. The Labute approximate surface area is 113 Å². The number of rotatable bonds is 5. The van der Waals surface area contributed by atoms with E-state index in [9.17, 15) is 4.79 Å². The zero-order valence-electron chi connectivity index (χ0n) is 12.2. The molecule has 1 rings (SSSR count). The standard InChI is InChI=1S/C13H22N2O4/c1-6-19-8(2)10-7-9(14)11(17-4)13(3,15-10)12(16)18-5/h7-8,15H,6,14H2,1-5H3/p+1. The van der Waals surface area contributed by atoms with Crippen LogP contribution in [0.15, 0.2) is 23.2 Å². The zero-order chi connectivity index (χ0) is 14.6. The third kappa shape index (κ3) is 2.90. The Balaban J connectivity index is 3.17. The maximum atomic E-state index is 12.0. The van der Waals surface area contributed by atoms with Crippen LogP contribution >= 0.6 is 0 Å². The van der Waals surface area contributed by atoms with Crippen molar-refractivity contribution in [2.24, 2.45) is 0 Å². The molecule has 108 valence electrons. The van der Waals surface area contributed by atoms with Gasteiger partial charge < -0.3 is 25.3 Å². The van der Waals surface area contributed by atoms with Crippen LogP contribution in [0.25, 0.3) is 0 Å². The fraction of sp³-hybridized carbons (Fsp3) is 0.615. The SMILES string of the molecule is CCOC(C)C1=CC([NH3+])=C(OC)C(C)(C(=O)OC)N1. The molecule has 4 N–H and O–H groups in total. The molecule has 0 aromatic rings. The number of esters is 1. The number of carbonyl (C=O) groups is 1. The molecule has 0 aromatic carbocycles. The van der Waals surface area contributed by atoms with Crippen molar-refractivity contribution in [3.05, 3.63) is 23.2 Å². The van der Waals surface area contributed by atoms with E-state index in [1.54, 1.807) is 6.92 Å². The highest BCUT2D eigenvalue weighted by molar-refractivity contribution is 5.85. The number of quaternary nitrogens is 1. The first-order chi connectivity index (χ1) is 8.90. The Kier molecular flexibility index (Phi) is 4.97. The van der Waals surface area contributed by atoms with Gasteiger partial charge in [-0.3, -0.25) is 0 Å². The molecule has 0 radical (unpaired) electrons. The molecule has 2 atom stereocenters. The van der Waals surface area contributed by atoms with Crippen LogP contribution in [0, 0.1) is 0 Å². The predicted molar refractivity (Wildman–Crippen MR) is 69.7 cm³/mol. The van der Waals surface area contributed by atoms with E-state index < -0.39 is 11.5 Å². The first-order valence-electron chi connectivity index (χ1n) is 6.21. The van der Waals surface area contributed by atoms with E-state index >= 15 is 0 Å². The van der Waals surface area contributed by atoms with Crippen LogP contribution in [0.4, 0.5) is 0 Å². The summed E-state index contributed by atoms with van der Waals surface area (Å²) in [4.78, 5) is 12.0. The minimum absolute atomic E-state index is 0.163. The van der Waals surface area contributed by atoms with Crippen LogP contribution in [-0.4, -0.2) is 38.4 Å². The molecule has 19 heavy (non-hydrogen) atoms. The smallest absolute Gasteiger partial charge is 0.339 e. The Morgan fingerprint density at radius 1 is 1.53 bits per heavy atom. The second-order valence-electron chi connectivity index (χ2n) is 4.50. The maximum absolute atomic E-state index is 12.0. The maximum Gasteiger partial charge on any atom is 0.339 e. The number of hydrogen-bond acceptors (Lipinski definition) is 5. The average molecular weight is 271 g/mol. The van der Waals surface area contributed by atoms with Crippen LogP contribution in [0.3, 0.4) is 0 Å². The van der Waals surface area contributed by atoms with Gasteiger partial charge in [-0.2, -0.15) is 0 Å². The lowest BCUT2D eigenvalue weighted by Gasteiger charge is -2.35. The number of nitrogens with one attached hydrogen (secondary N) is 1. The molecule has 2 unspecified atom stereocenters. The number of methoxy groups -OCH3 is 2. The highest BCUT2D eigenvalue weighted by Gasteiger charge is 2.46. The van der Waals surface area contributed by atoms with E-state index in [2.05, 4.69) is 11.1 Å². The lowest BCUT2D eigenvalue weighted by molar-refractivity contribution is -0.301. The molecule has 0 aromatic heterocycles. The van der Waals surface area contributed by atoms with Gasteiger partial charge in [-0.1, -0.05) is 0 Å². The summed E-state index contributed by atoms with van der Waals surface area (Å²) in [5.41, 5.74) is 4.26. The van der Waals surface area contributed by atoms with Crippen molar-refractivity contribution in [2.45, 2.75) is 32.4 Å². The number of hydrogen-bond donors (Lipinski definition) is 2. The van der Waals surface area contributed by atoms with Crippen molar-refractivity contribution in [3.8, 4) is 0 Å². The van der Waals surface area contributed by atoms with Crippen LogP contribution < -0.4 is 11.1 Å². The highest BCUT2D eigenvalue weighted by atomic mass is 16.5. The topological polar surface area (TPSA) is 84.4 Å². The molecule has 0 fully saturated rings.